The summed E-state index contributed by atoms with van der Waals surface area (Å²) in [5.41, 5.74) is 11.5. The first-order chi connectivity index (χ1) is 8.69. The van der Waals surface area contributed by atoms with Crippen molar-refractivity contribution in [3.8, 4) is 0 Å². The van der Waals surface area contributed by atoms with Crippen LogP contribution in [0.5, 0.6) is 0 Å². The molecule has 94 valence electrons. The molecule has 0 saturated carbocycles. The Morgan fingerprint density at radius 2 is 1.72 bits per heavy atom. The van der Waals surface area contributed by atoms with Crippen molar-refractivity contribution in [2.45, 2.75) is 32.7 Å². The van der Waals surface area contributed by atoms with Crippen LogP contribution in [-0.2, 0) is 12.8 Å². The minimum absolute atomic E-state index is 0.0826. The van der Waals surface area contributed by atoms with Crippen molar-refractivity contribution in [3.63, 3.8) is 0 Å². The second kappa shape index (κ2) is 5.83. The van der Waals surface area contributed by atoms with Crippen molar-refractivity contribution in [1.82, 2.24) is 0 Å². The van der Waals surface area contributed by atoms with Gasteiger partial charge in [-0.2, -0.15) is 0 Å². The maximum atomic E-state index is 6.29. The van der Waals surface area contributed by atoms with Crippen LogP contribution in [0.4, 0.5) is 0 Å². The summed E-state index contributed by atoms with van der Waals surface area (Å²) in [6, 6.07) is 17.3. The molecule has 0 aliphatic carbocycles. The van der Waals surface area contributed by atoms with E-state index in [1.807, 2.05) is 0 Å². The van der Waals surface area contributed by atoms with Gasteiger partial charge in [-0.25, -0.2) is 0 Å². The van der Waals surface area contributed by atoms with Crippen LogP contribution in [-0.4, -0.2) is 0 Å². The Kier molecular flexibility index (Phi) is 4.16. The Labute approximate surface area is 110 Å². The summed E-state index contributed by atoms with van der Waals surface area (Å²) in [6.07, 6.45) is 1.96. The average Bonchev–Trinajstić information content (AvgIpc) is 2.41. The summed E-state index contributed by atoms with van der Waals surface area (Å²) in [5, 5.41) is 0. The van der Waals surface area contributed by atoms with E-state index in [-0.39, 0.29) is 6.04 Å². The molecule has 1 heteroatoms. The van der Waals surface area contributed by atoms with Gasteiger partial charge >= 0.3 is 0 Å². The summed E-state index contributed by atoms with van der Waals surface area (Å²) in [7, 11) is 0. The Balaban J connectivity index is 2.11. The molecule has 2 N–H and O–H groups in total. The number of hydrogen-bond donors (Lipinski definition) is 1. The van der Waals surface area contributed by atoms with E-state index in [1.54, 1.807) is 0 Å². The highest BCUT2D eigenvalue weighted by atomic mass is 14.6. The van der Waals surface area contributed by atoms with Crippen LogP contribution < -0.4 is 5.73 Å². The minimum Gasteiger partial charge on any atom is -0.324 e. The lowest BCUT2D eigenvalue weighted by Gasteiger charge is -2.13. The molecule has 0 aliphatic rings. The van der Waals surface area contributed by atoms with Crippen LogP contribution >= 0.6 is 0 Å². The standard InChI is InChI=1S/C17H21N/c1-3-14-5-4-6-16(11-14)17(18)12-15-9-7-13(2)8-10-15/h4-11,17H,3,12,18H2,1-2H3. The van der Waals surface area contributed by atoms with Crippen molar-refractivity contribution < 1.29 is 0 Å². The Morgan fingerprint density at radius 3 is 2.39 bits per heavy atom. The lowest BCUT2D eigenvalue weighted by Crippen LogP contribution is -2.13. The zero-order chi connectivity index (χ0) is 13.0. The van der Waals surface area contributed by atoms with Gasteiger partial charge in [0.2, 0.25) is 0 Å². The highest BCUT2D eigenvalue weighted by molar-refractivity contribution is 5.28. The van der Waals surface area contributed by atoms with E-state index in [9.17, 15) is 0 Å². The second-order valence-corrected chi connectivity index (χ2v) is 4.89. The van der Waals surface area contributed by atoms with Crippen molar-refractivity contribution >= 4 is 0 Å². The third kappa shape index (κ3) is 3.21. The first kappa shape index (κ1) is 12.8. The molecule has 2 aromatic carbocycles. The molecule has 0 heterocycles. The molecule has 0 spiro atoms. The molecule has 0 aromatic heterocycles. The van der Waals surface area contributed by atoms with Crippen LogP contribution in [0.2, 0.25) is 0 Å². The van der Waals surface area contributed by atoms with Crippen molar-refractivity contribution in [1.29, 1.82) is 0 Å². The lowest BCUT2D eigenvalue weighted by atomic mass is 9.97. The van der Waals surface area contributed by atoms with Crippen LogP contribution in [0.25, 0.3) is 0 Å². The number of hydrogen-bond acceptors (Lipinski definition) is 1. The molecule has 1 nitrogen and oxygen atoms in total. The summed E-state index contributed by atoms with van der Waals surface area (Å²) in [4.78, 5) is 0. The summed E-state index contributed by atoms with van der Waals surface area (Å²) in [6.45, 7) is 4.28. The molecule has 0 bridgehead atoms. The first-order valence-corrected chi connectivity index (χ1v) is 6.59. The van der Waals surface area contributed by atoms with Gasteiger partial charge in [0, 0.05) is 6.04 Å². The van der Waals surface area contributed by atoms with Crippen molar-refractivity contribution in [3.05, 3.63) is 70.8 Å². The molecule has 0 aliphatic heterocycles. The van der Waals surface area contributed by atoms with E-state index >= 15 is 0 Å². The molecule has 0 radical (unpaired) electrons. The molecule has 18 heavy (non-hydrogen) atoms. The number of rotatable bonds is 4. The van der Waals surface area contributed by atoms with Crippen molar-refractivity contribution in [2.75, 3.05) is 0 Å². The Bertz CT molecular complexity index is 499. The fraction of sp³-hybridized carbons (Fsp3) is 0.294. The fourth-order valence-electron chi connectivity index (χ4n) is 2.14. The van der Waals surface area contributed by atoms with Gasteiger partial charge in [0.25, 0.3) is 0 Å². The van der Waals surface area contributed by atoms with Gasteiger partial charge < -0.3 is 5.73 Å². The molecular formula is C17H21N. The Hall–Kier alpha value is -1.60. The van der Waals surface area contributed by atoms with Gasteiger partial charge in [0.05, 0.1) is 0 Å². The molecule has 0 fully saturated rings. The lowest BCUT2D eigenvalue weighted by molar-refractivity contribution is 0.720. The average molecular weight is 239 g/mol. The van der Waals surface area contributed by atoms with Gasteiger partial charge in [-0.15, -0.1) is 0 Å². The largest absolute Gasteiger partial charge is 0.324 e. The smallest absolute Gasteiger partial charge is 0.0335 e. The molecule has 2 rings (SSSR count). The summed E-state index contributed by atoms with van der Waals surface area (Å²) in [5.74, 6) is 0. The maximum absolute atomic E-state index is 6.29. The van der Waals surface area contributed by atoms with E-state index in [4.69, 9.17) is 5.73 Å². The predicted octanol–water partition coefficient (Wildman–Crippen LogP) is 3.80. The van der Waals surface area contributed by atoms with Gasteiger partial charge in [-0.05, 0) is 36.5 Å². The van der Waals surface area contributed by atoms with Crippen molar-refractivity contribution in [2.24, 2.45) is 5.73 Å². The topological polar surface area (TPSA) is 26.0 Å². The van der Waals surface area contributed by atoms with Crippen LogP contribution in [0.1, 0.15) is 35.2 Å². The summed E-state index contributed by atoms with van der Waals surface area (Å²) < 4.78 is 0. The van der Waals surface area contributed by atoms with Crippen LogP contribution in [0.15, 0.2) is 48.5 Å². The normalized spacial score (nSPS) is 12.4. The highest BCUT2D eigenvalue weighted by Gasteiger charge is 2.07. The Morgan fingerprint density at radius 1 is 1.00 bits per heavy atom. The van der Waals surface area contributed by atoms with E-state index in [0.29, 0.717) is 0 Å². The second-order valence-electron chi connectivity index (χ2n) is 4.89. The molecule has 0 saturated heterocycles. The molecule has 1 atom stereocenters. The van der Waals surface area contributed by atoms with E-state index < -0.39 is 0 Å². The summed E-state index contributed by atoms with van der Waals surface area (Å²) >= 11 is 0. The zero-order valence-corrected chi connectivity index (χ0v) is 11.2. The van der Waals surface area contributed by atoms with Crippen LogP contribution in [0, 0.1) is 6.92 Å². The zero-order valence-electron chi connectivity index (χ0n) is 11.2. The number of aryl methyl sites for hydroxylation is 2. The highest BCUT2D eigenvalue weighted by Crippen LogP contribution is 2.18. The van der Waals surface area contributed by atoms with E-state index in [0.717, 1.165) is 12.8 Å². The van der Waals surface area contributed by atoms with Gasteiger partial charge in [-0.3, -0.25) is 0 Å². The monoisotopic (exact) mass is 239 g/mol. The fourth-order valence-corrected chi connectivity index (χ4v) is 2.14. The quantitative estimate of drug-likeness (QED) is 0.863. The third-order valence-corrected chi connectivity index (χ3v) is 3.36. The van der Waals surface area contributed by atoms with Gasteiger partial charge in [0.1, 0.15) is 0 Å². The van der Waals surface area contributed by atoms with E-state index in [1.165, 1.54) is 22.3 Å². The molecule has 1 unspecified atom stereocenters. The maximum Gasteiger partial charge on any atom is 0.0335 e. The minimum atomic E-state index is 0.0826. The SMILES string of the molecule is CCc1cccc(C(N)Cc2ccc(C)cc2)c1. The van der Waals surface area contributed by atoms with Crippen LogP contribution in [0.3, 0.4) is 0 Å². The first-order valence-electron chi connectivity index (χ1n) is 6.59. The van der Waals surface area contributed by atoms with Gasteiger partial charge in [-0.1, -0.05) is 61.0 Å². The predicted molar refractivity (Wildman–Crippen MR) is 77.6 cm³/mol. The van der Waals surface area contributed by atoms with E-state index in [2.05, 4.69) is 62.4 Å². The number of benzene rings is 2. The number of nitrogens with two attached hydrogens (primary N) is 1. The van der Waals surface area contributed by atoms with Gasteiger partial charge in [0.15, 0.2) is 0 Å². The molecule has 0 amide bonds. The third-order valence-electron chi connectivity index (χ3n) is 3.36. The molecule has 2 aromatic rings. The molecular weight excluding hydrogens is 218 g/mol.